The molecule has 1 fully saturated rings. The van der Waals surface area contributed by atoms with Gasteiger partial charge in [-0.25, -0.2) is 0 Å². The Kier molecular flexibility index (Phi) is 1.17. The summed E-state index contributed by atoms with van der Waals surface area (Å²) < 4.78 is 4.99. The molecular weight excluding hydrogens is 152 g/mol. The van der Waals surface area contributed by atoms with Gasteiger partial charge in [-0.2, -0.15) is 0 Å². The lowest BCUT2D eigenvalue weighted by Crippen LogP contribution is -1.95. The first kappa shape index (κ1) is 6.40. The normalized spacial score (nSPS) is 32.5. The number of rotatable bonds is 1. The summed E-state index contributed by atoms with van der Waals surface area (Å²) in [4.78, 5) is 0. The van der Waals surface area contributed by atoms with E-state index < -0.39 is 0 Å². The Labute approximate surface area is 70.4 Å². The second-order valence-electron chi connectivity index (χ2n) is 3.61. The fourth-order valence-corrected chi connectivity index (χ4v) is 2.37. The first-order chi connectivity index (χ1) is 5.93. The maximum Gasteiger partial charge on any atom is 0.193 e. The lowest BCUT2D eigenvalue weighted by Gasteiger charge is -2.08. The van der Waals surface area contributed by atoms with Gasteiger partial charge in [-0.15, -0.1) is 5.10 Å². The molecule has 2 aliphatic carbocycles. The van der Waals surface area contributed by atoms with E-state index in [2.05, 4.69) is 22.6 Å². The smallest absolute Gasteiger partial charge is 0.193 e. The minimum Gasteiger partial charge on any atom is -0.337 e. The third-order valence-corrected chi connectivity index (χ3v) is 2.91. The van der Waals surface area contributed by atoms with Crippen molar-refractivity contribution in [2.24, 2.45) is 11.8 Å². The standard InChI is InChI=1S/C9H9N2O/c1-2-7-3-6(1)4-8(7)9-5-10-11-12-9/h4,6-7H,1-3H2. The summed E-state index contributed by atoms with van der Waals surface area (Å²) in [5.41, 5.74) is 1.29. The van der Waals surface area contributed by atoms with Gasteiger partial charge in [0.05, 0.1) is 0 Å². The van der Waals surface area contributed by atoms with Gasteiger partial charge in [0.1, 0.15) is 0 Å². The fraction of sp³-hybridized carbons (Fsp3) is 0.556. The molecular formula is C9H9N2O. The summed E-state index contributed by atoms with van der Waals surface area (Å²) in [7, 11) is 0. The molecule has 1 radical (unpaired) electrons. The average Bonchev–Trinajstić information content (AvgIpc) is 2.81. The van der Waals surface area contributed by atoms with Gasteiger partial charge in [0.15, 0.2) is 12.0 Å². The first-order valence-electron chi connectivity index (χ1n) is 4.35. The Morgan fingerprint density at radius 3 is 3.08 bits per heavy atom. The van der Waals surface area contributed by atoms with E-state index in [1.165, 1.54) is 24.8 Å². The molecule has 1 aromatic heterocycles. The summed E-state index contributed by atoms with van der Waals surface area (Å²) in [6.45, 7) is 0. The van der Waals surface area contributed by atoms with Crippen molar-refractivity contribution in [1.29, 1.82) is 0 Å². The second-order valence-corrected chi connectivity index (χ2v) is 3.61. The first-order valence-corrected chi connectivity index (χ1v) is 4.35. The van der Waals surface area contributed by atoms with E-state index in [1.54, 1.807) is 0 Å². The molecule has 1 saturated carbocycles. The summed E-state index contributed by atoms with van der Waals surface area (Å²) in [6.07, 6.45) is 9.00. The second kappa shape index (κ2) is 2.19. The van der Waals surface area contributed by atoms with Crippen LogP contribution in [0.3, 0.4) is 0 Å². The van der Waals surface area contributed by atoms with E-state index in [0.29, 0.717) is 5.92 Å². The van der Waals surface area contributed by atoms with Crippen molar-refractivity contribution in [3.63, 3.8) is 0 Å². The van der Waals surface area contributed by atoms with Crippen molar-refractivity contribution in [3.05, 3.63) is 18.0 Å². The number of hydrogen-bond acceptors (Lipinski definition) is 3. The summed E-state index contributed by atoms with van der Waals surface area (Å²) >= 11 is 0. The molecule has 2 atom stereocenters. The molecule has 0 aromatic carbocycles. The average molecular weight is 161 g/mol. The molecule has 61 valence electrons. The number of allylic oxidation sites excluding steroid dienone is 2. The van der Waals surface area contributed by atoms with E-state index in [1.807, 2.05) is 0 Å². The van der Waals surface area contributed by atoms with Gasteiger partial charge in [-0.05, 0) is 36.7 Å². The van der Waals surface area contributed by atoms with E-state index >= 15 is 0 Å². The van der Waals surface area contributed by atoms with Crippen LogP contribution in [-0.4, -0.2) is 10.4 Å². The minimum absolute atomic E-state index is 0.695. The summed E-state index contributed by atoms with van der Waals surface area (Å²) in [5.74, 6) is 2.23. The van der Waals surface area contributed by atoms with E-state index in [4.69, 9.17) is 4.52 Å². The van der Waals surface area contributed by atoms with Gasteiger partial charge in [0, 0.05) is 5.27 Å². The van der Waals surface area contributed by atoms with Crippen LogP contribution >= 0.6 is 0 Å². The molecule has 1 aromatic rings. The third-order valence-electron chi connectivity index (χ3n) is 2.91. The van der Waals surface area contributed by atoms with E-state index in [-0.39, 0.29) is 0 Å². The number of fused-ring (bicyclic) bond motifs is 2. The van der Waals surface area contributed by atoms with Crippen molar-refractivity contribution in [3.8, 4) is 0 Å². The van der Waals surface area contributed by atoms with Gasteiger partial charge in [-0.3, -0.25) is 0 Å². The maximum absolute atomic E-state index is 4.99. The molecule has 3 heteroatoms. The zero-order valence-corrected chi connectivity index (χ0v) is 6.66. The monoisotopic (exact) mass is 161 g/mol. The maximum atomic E-state index is 4.99. The molecule has 1 heterocycles. The number of aromatic nitrogens is 2. The molecule has 3 rings (SSSR count). The van der Waals surface area contributed by atoms with Crippen molar-refractivity contribution in [2.45, 2.75) is 19.3 Å². The zero-order valence-electron chi connectivity index (χ0n) is 6.66. The molecule has 2 bridgehead atoms. The fourth-order valence-electron chi connectivity index (χ4n) is 2.37. The van der Waals surface area contributed by atoms with Crippen LogP contribution in [0.25, 0.3) is 5.57 Å². The van der Waals surface area contributed by atoms with Crippen molar-refractivity contribution in [1.82, 2.24) is 10.4 Å². The molecule has 0 amide bonds. The predicted molar refractivity (Wildman–Crippen MR) is 41.9 cm³/mol. The van der Waals surface area contributed by atoms with Gasteiger partial charge >= 0.3 is 0 Å². The van der Waals surface area contributed by atoms with Gasteiger partial charge in [0.25, 0.3) is 0 Å². The van der Waals surface area contributed by atoms with E-state index in [0.717, 1.165) is 11.7 Å². The van der Waals surface area contributed by atoms with Crippen LogP contribution in [-0.2, 0) is 0 Å². The minimum atomic E-state index is 0.695. The van der Waals surface area contributed by atoms with Crippen LogP contribution in [0.2, 0.25) is 0 Å². The number of hydrogen-bond donors (Lipinski definition) is 0. The molecule has 0 saturated heterocycles. The Hall–Kier alpha value is -1.12. The summed E-state index contributed by atoms with van der Waals surface area (Å²) in [6, 6.07) is 0. The molecule has 2 unspecified atom stereocenters. The van der Waals surface area contributed by atoms with Gasteiger partial charge in [0.2, 0.25) is 0 Å². The quantitative estimate of drug-likeness (QED) is 0.629. The number of nitrogens with zero attached hydrogens (tertiary/aromatic N) is 2. The topological polar surface area (TPSA) is 38.9 Å². The largest absolute Gasteiger partial charge is 0.337 e. The van der Waals surface area contributed by atoms with Crippen LogP contribution in [0.15, 0.2) is 10.6 Å². The van der Waals surface area contributed by atoms with Gasteiger partial charge in [-0.1, -0.05) is 6.08 Å². The molecule has 0 spiro atoms. The highest BCUT2D eigenvalue weighted by Gasteiger charge is 2.34. The SMILES string of the molecule is [c]1nnoc1C1=CC2CCC1C2. The molecule has 3 nitrogen and oxygen atoms in total. The van der Waals surface area contributed by atoms with Crippen molar-refractivity contribution < 1.29 is 4.52 Å². The lowest BCUT2D eigenvalue weighted by atomic mass is 9.97. The highest BCUT2D eigenvalue weighted by atomic mass is 16.5. The Balaban J connectivity index is 2.00. The molecule has 0 aliphatic heterocycles. The van der Waals surface area contributed by atoms with E-state index in [9.17, 15) is 0 Å². The highest BCUT2D eigenvalue weighted by molar-refractivity contribution is 5.65. The van der Waals surface area contributed by atoms with Crippen LogP contribution < -0.4 is 0 Å². The van der Waals surface area contributed by atoms with Crippen LogP contribution in [0.5, 0.6) is 0 Å². The Bertz CT molecular complexity index is 315. The van der Waals surface area contributed by atoms with Gasteiger partial charge < -0.3 is 4.52 Å². The van der Waals surface area contributed by atoms with Crippen LogP contribution in [0.4, 0.5) is 0 Å². The molecule has 12 heavy (non-hydrogen) atoms. The van der Waals surface area contributed by atoms with Crippen molar-refractivity contribution >= 4 is 5.57 Å². The highest BCUT2D eigenvalue weighted by Crippen LogP contribution is 2.47. The summed E-state index contributed by atoms with van der Waals surface area (Å²) in [5, 5.41) is 7.00. The zero-order chi connectivity index (χ0) is 7.97. The predicted octanol–water partition coefficient (Wildman–Crippen LogP) is 1.68. The molecule has 2 aliphatic rings. The van der Waals surface area contributed by atoms with Crippen LogP contribution in [0.1, 0.15) is 25.0 Å². The third kappa shape index (κ3) is 0.763. The Morgan fingerprint density at radius 1 is 1.50 bits per heavy atom. The molecule has 0 N–H and O–H groups in total. The Morgan fingerprint density at radius 2 is 2.50 bits per heavy atom. The lowest BCUT2D eigenvalue weighted by molar-refractivity contribution is 0.381. The van der Waals surface area contributed by atoms with Crippen molar-refractivity contribution in [2.75, 3.05) is 0 Å². The van der Waals surface area contributed by atoms with Crippen LogP contribution in [0, 0.1) is 18.0 Å².